The van der Waals surface area contributed by atoms with Gasteiger partial charge in [0.1, 0.15) is 18.1 Å². The summed E-state index contributed by atoms with van der Waals surface area (Å²) in [5.41, 5.74) is 7.61. The quantitative estimate of drug-likeness (QED) is 0.829. The van der Waals surface area contributed by atoms with E-state index < -0.39 is 0 Å². The number of H-pyrrole nitrogens is 1. The summed E-state index contributed by atoms with van der Waals surface area (Å²) in [4.78, 5) is 3.08. The van der Waals surface area contributed by atoms with Crippen molar-refractivity contribution in [2.24, 2.45) is 5.73 Å². The second-order valence-electron chi connectivity index (χ2n) is 3.70. The minimum Gasteiger partial charge on any atom is -0.497 e. The number of rotatable bonds is 5. The lowest BCUT2D eigenvalue weighted by Crippen LogP contribution is -1.96. The molecule has 0 aliphatic heterocycles. The van der Waals surface area contributed by atoms with E-state index in [2.05, 4.69) is 4.98 Å². The number of ether oxygens (including phenoxy) is 2. The van der Waals surface area contributed by atoms with Crippen molar-refractivity contribution in [2.75, 3.05) is 7.11 Å². The highest BCUT2D eigenvalue weighted by atomic mass is 16.5. The number of nitrogens with one attached hydrogen (secondary N) is 1. The van der Waals surface area contributed by atoms with Crippen molar-refractivity contribution in [3.05, 3.63) is 47.8 Å². The van der Waals surface area contributed by atoms with E-state index >= 15 is 0 Å². The third-order valence-electron chi connectivity index (χ3n) is 2.47. The average Bonchev–Trinajstić information content (AvgIpc) is 2.84. The Hall–Kier alpha value is -1.94. The third-order valence-corrected chi connectivity index (χ3v) is 2.47. The Morgan fingerprint density at radius 2 is 2.06 bits per heavy atom. The zero-order valence-corrected chi connectivity index (χ0v) is 9.77. The van der Waals surface area contributed by atoms with Crippen LogP contribution in [0.15, 0.2) is 36.5 Å². The molecule has 0 unspecified atom stereocenters. The van der Waals surface area contributed by atoms with Crippen molar-refractivity contribution in [1.82, 2.24) is 4.98 Å². The molecule has 2 aromatic rings. The number of aromatic nitrogens is 1. The molecule has 4 heteroatoms. The fourth-order valence-corrected chi connectivity index (χ4v) is 1.55. The van der Waals surface area contributed by atoms with Crippen molar-refractivity contribution in [2.45, 2.75) is 13.2 Å². The first kappa shape index (κ1) is 11.5. The monoisotopic (exact) mass is 232 g/mol. The molecule has 17 heavy (non-hydrogen) atoms. The Bertz CT molecular complexity index is 480. The lowest BCUT2D eigenvalue weighted by molar-refractivity contribution is 0.304. The van der Waals surface area contributed by atoms with Gasteiger partial charge in [-0.2, -0.15) is 0 Å². The summed E-state index contributed by atoms with van der Waals surface area (Å²) in [6.45, 7) is 1.03. The van der Waals surface area contributed by atoms with Gasteiger partial charge in [0, 0.05) is 30.1 Å². The first-order chi connectivity index (χ1) is 8.31. The largest absolute Gasteiger partial charge is 0.497 e. The summed E-state index contributed by atoms with van der Waals surface area (Å²) in [5, 5.41) is 0. The van der Waals surface area contributed by atoms with Gasteiger partial charge in [-0.25, -0.2) is 0 Å². The van der Waals surface area contributed by atoms with Crippen LogP contribution < -0.4 is 15.2 Å². The van der Waals surface area contributed by atoms with Crippen LogP contribution in [-0.2, 0) is 13.2 Å². The van der Waals surface area contributed by atoms with Crippen molar-refractivity contribution >= 4 is 0 Å². The smallest absolute Gasteiger partial charge is 0.123 e. The van der Waals surface area contributed by atoms with Gasteiger partial charge in [-0.3, -0.25) is 0 Å². The first-order valence-electron chi connectivity index (χ1n) is 5.45. The van der Waals surface area contributed by atoms with Gasteiger partial charge in [0.15, 0.2) is 0 Å². The Labute approximate surface area is 100 Å². The molecule has 1 heterocycles. The molecule has 0 saturated carbocycles. The van der Waals surface area contributed by atoms with Gasteiger partial charge in [-0.05, 0) is 18.2 Å². The van der Waals surface area contributed by atoms with Gasteiger partial charge >= 0.3 is 0 Å². The maximum atomic E-state index is 5.65. The Kier molecular flexibility index (Phi) is 3.67. The number of methoxy groups -OCH3 is 1. The fraction of sp³-hybridized carbons (Fsp3) is 0.231. The first-order valence-corrected chi connectivity index (χ1v) is 5.45. The molecule has 0 aliphatic carbocycles. The highest BCUT2D eigenvalue weighted by Crippen LogP contribution is 2.20. The van der Waals surface area contributed by atoms with Crippen LogP contribution in [0.1, 0.15) is 11.3 Å². The number of benzene rings is 1. The predicted molar refractivity (Wildman–Crippen MR) is 66.0 cm³/mol. The van der Waals surface area contributed by atoms with Crippen LogP contribution in [-0.4, -0.2) is 12.1 Å². The molecule has 1 aromatic heterocycles. The molecule has 0 spiro atoms. The second-order valence-corrected chi connectivity index (χ2v) is 3.70. The Morgan fingerprint density at radius 3 is 2.76 bits per heavy atom. The SMILES string of the molecule is COc1cccc(OCc2c[nH]c(CN)c2)c1. The molecule has 4 nitrogen and oxygen atoms in total. The highest BCUT2D eigenvalue weighted by molar-refractivity contribution is 5.33. The minimum absolute atomic E-state index is 0.513. The molecule has 0 bridgehead atoms. The molecule has 2 rings (SSSR count). The van der Waals surface area contributed by atoms with Crippen LogP contribution in [0.5, 0.6) is 11.5 Å². The lowest BCUT2D eigenvalue weighted by Gasteiger charge is -2.06. The van der Waals surface area contributed by atoms with Crippen molar-refractivity contribution in [1.29, 1.82) is 0 Å². The molecule has 0 amide bonds. The number of hydrogen-bond acceptors (Lipinski definition) is 3. The molecule has 1 aromatic carbocycles. The molecule has 0 fully saturated rings. The van der Waals surface area contributed by atoms with E-state index in [1.54, 1.807) is 7.11 Å². The lowest BCUT2D eigenvalue weighted by atomic mass is 10.3. The summed E-state index contributed by atoms with van der Waals surface area (Å²) in [6, 6.07) is 9.54. The number of nitrogens with two attached hydrogens (primary N) is 1. The van der Waals surface area contributed by atoms with E-state index in [9.17, 15) is 0 Å². The Balaban J connectivity index is 1.96. The molecular weight excluding hydrogens is 216 g/mol. The second kappa shape index (κ2) is 5.41. The molecular formula is C13H16N2O2. The maximum Gasteiger partial charge on any atom is 0.123 e. The molecule has 0 radical (unpaired) electrons. The van der Waals surface area contributed by atoms with Gasteiger partial charge in [-0.1, -0.05) is 6.07 Å². The van der Waals surface area contributed by atoms with Crippen LogP contribution in [0.3, 0.4) is 0 Å². The normalized spacial score (nSPS) is 10.2. The van der Waals surface area contributed by atoms with Crippen molar-refractivity contribution < 1.29 is 9.47 Å². The predicted octanol–water partition coefficient (Wildman–Crippen LogP) is 2.06. The van der Waals surface area contributed by atoms with Gasteiger partial charge in [0.25, 0.3) is 0 Å². The Morgan fingerprint density at radius 1 is 1.24 bits per heavy atom. The summed E-state index contributed by atoms with van der Waals surface area (Å²) in [7, 11) is 1.64. The number of hydrogen-bond donors (Lipinski definition) is 2. The number of aromatic amines is 1. The van der Waals surface area contributed by atoms with E-state index in [0.717, 1.165) is 22.8 Å². The molecule has 0 aliphatic rings. The van der Waals surface area contributed by atoms with Gasteiger partial charge in [0.2, 0.25) is 0 Å². The van der Waals surface area contributed by atoms with E-state index in [1.807, 2.05) is 36.5 Å². The standard InChI is InChI=1S/C13H16N2O2/c1-16-12-3-2-4-13(6-12)17-9-10-5-11(7-14)15-8-10/h2-6,8,15H,7,9,14H2,1H3. The van der Waals surface area contributed by atoms with E-state index in [4.69, 9.17) is 15.2 Å². The summed E-state index contributed by atoms with van der Waals surface area (Å²) in [6.07, 6.45) is 1.91. The van der Waals surface area contributed by atoms with Crippen molar-refractivity contribution in [3.63, 3.8) is 0 Å². The van der Waals surface area contributed by atoms with E-state index in [0.29, 0.717) is 13.2 Å². The van der Waals surface area contributed by atoms with Crippen LogP contribution in [0.2, 0.25) is 0 Å². The molecule has 0 atom stereocenters. The van der Waals surface area contributed by atoms with Crippen LogP contribution in [0, 0.1) is 0 Å². The highest BCUT2D eigenvalue weighted by Gasteiger charge is 2.00. The fourth-order valence-electron chi connectivity index (χ4n) is 1.55. The van der Waals surface area contributed by atoms with Crippen molar-refractivity contribution in [3.8, 4) is 11.5 Å². The van der Waals surface area contributed by atoms with Gasteiger partial charge in [0.05, 0.1) is 7.11 Å². The molecule has 3 N–H and O–H groups in total. The van der Waals surface area contributed by atoms with E-state index in [1.165, 1.54) is 0 Å². The van der Waals surface area contributed by atoms with E-state index in [-0.39, 0.29) is 0 Å². The van der Waals surface area contributed by atoms with Crippen LogP contribution >= 0.6 is 0 Å². The van der Waals surface area contributed by atoms with Crippen LogP contribution in [0.25, 0.3) is 0 Å². The summed E-state index contributed by atoms with van der Waals surface area (Å²) >= 11 is 0. The maximum absolute atomic E-state index is 5.65. The average molecular weight is 232 g/mol. The zero-order valence-electron chi connectivity index (χ0n) is 9.77. The van der Waals surface area contributed by atoms with Gasteiger partial charge < -0.3 is 20.2 Å². The minimum atomic E-state index is 0.513. The van der Waals surface area contributed by atoms with Crippen LogP contribution in [0.4, 0.5) is 0 Å². The third kappa shape index (κ3) is 3.01. The molecule has 0 saturated heterocycles. The summed E-state index contributed by atoms with van der Waals surface area (Å²) < 4.78 is 10.8. The zero-order chi connectivity index (χ0) is 12.1. The summed E-state index contributed by atoms with van der Waals surface area (Å²) in [5.74, 6) is 1.58. The topological polar surface area (TPSA) is 60.3 Å². The molecule has 90 valence electrons. The van der Waals surface area contributed by atoms with Gasteiger partial charge in [-0.15, -0.1) is 0 Å².